The molecular formula is C10H7F3N2O2. The molecule has 4 nitrogen and oxygen atoms in total. The van der Waals surface area contributed by atoms with E-state index in [9.17, 15) is 18.0 Å². The van der Waals surface area contributed by atoms with Gasteiger partial charge in [0, 0.05) is 0 Å². The largest absolute Gasteiger partial charge is 0.432 e. The molecular weight excluding hydrogens is 237 g/mol. The van der Waals surface area contributed by atoms with Crippen LogP contribution < -0.4 is 10.1 Å². The predicted octanol–water partition coefficient (Wildman–Crippen LogP) is 2.28. The van der Waals surface area contributed by atoms with Crippen molar-refractivity contribution in [2.75, 3.05) is 5.32 Å². The summed E-state index contributed by atoms with van der Waals surface area (Å²) < 4.78 is 41.2. The number of hydrogen-bond acceptors (Lipinski definition) is 3. The van der Waals surface area contributed by atoms with Crippen molar-refractivity contribution in [3.8, 4) is 11.8 Å². The molecule has 0 unspecified atom stereocenters. The van der Waals surface area contributed by atoms with Crippen LogP contribution in [0.5, 0.6) is 5.75 Å². The third-order valence-electron chi connectivity index (χ3n) is 1.69. The van der Waals surface area contributed by atoms with E-state index in [0.717, 1.165) is 6.07 Å². The van der Waals surface area contributed by atoms with Gasteiger partial charge in [-0.2, -0.15) is 14.0 Å². The zero-order valence-electron chi connectivity index (χ0n) is 8.41. The molecule has 90 valence electrons. The third-order valence-corrected chi connectivity index (χ3v) is 1.69. The van der Waals surface area contributed by atoms with E-state index in [2.05, 4.69) is 10.1 Å². The van der Waals surface area contributed by atoms with Gasteiger partial charge in [0.25, 0.3) is 0 Å². The van der Waals surface area contributed by atoms with Crippen molar-refractivity contribution < 1.29 is 22.7 Å². The normalized spacial score (nSPS) is 9.82. The molecule has 0 radical (unpaired) electrons. The molecule has 0 heterocycles. The maximum absolute atomic E-state index is 13.5. The first-order chi connectivity index (χ1) is 8.04. The summed E-state index contributed by atoms with van der Waals surface area (Å²) >= 11 is 0. The van der Waals surface area contributed by atoms with Crippen LogP contribution in [0.3, 0.4) is 0 Å². The number of halogens is 3. The van der Waals surface area contributed by atoms with E-state index in [1.54, 1.807) is 6.07 Å². The molecule has 1 aromatic carbocycles. The van der Waals surface area contributed by atoms with Crippen molar-refractivity contribution in [3.05, 3.63) is 24.0 Å². The highest BCUT2D eigenvalue weighted by Gasteiger charge is 2.14. The Morgan fingerprint density at radius 3 is 2.82 bits per heavy atom. The number of carbonyl (C=O) groups is 1. The van der Waals surface area contributed by atoms with E-state index in [1.807, 2.05) is 0 Å². The Morgan fingerprint density at radius 1 is 1.53 bits per heavy atom. The number of nitrogens with one attached hydrogen (secondary N) is 1. The van der Waals surface area contributed by atoms with Crippen molar-refractivity contribution in [2.24, 2.45) is 0 Å². The van der Waals surface area contributed by atoms with Crippen LogP contribution in [-0.4, -0.2) is 12.5 Å². The first-order valence-corrected chi connectivity index (χ1v) is 4.44. The smallest absolute Gasteiger partial charge is 0.387 e. The Hall–Kier alpha value is -2.23. The standard InChI is InChI=1S/C10H7F3N2O2/c11-9-6(15-8(16)4-5-14)2-1-3-7(9)17-10(12)13/h1-3,10H,4H2,(H,15,16). The first kappa shape index (κ1) is 12.8. The van der Waals surface area contributed by atoms with Crippen molar-refractivity contribution >= 4 is 11.6 Å². The van der Waals surface area contributed by atoms with Gasteiger partial charge in [-0.25, -0.2) is 4.39 Å². The molecule has 0 aliphatic carbocycles. The molecule has 0 spiro atoms. The lowest BCUT2D eigenvalue weighted by Crippen LogP contribution is -2.12. The van der Waals surface area contributed by atoms with E-state index in [4.69, 9.17) is 5.26 Å². The fourth-order valence-corrected chi connectivity index (χ4v) is 1.06. The van der Waals surface area contributed by atoms with Gasteiger partial charge in [-0.1, -0.05) is 6.07 Å². The Bertz CT molecular complexity index is 457. The van der Waals surface area contributed by atoms with Crippen LogP contribution in [0.25, 0.3) is 0 Å². The average molecular weight is 244 g/mol. The lowest BCUT2D eigenvalue weighted by atomic mass is 10.2. The van der Waals surface area contributed by atoms with Crippen LogP contribution in [0.1, 0.15) is 6.42 Å². The van der Waals surface area contributed by atoms with E-state index >= 15 is 0 Å². The van der Waals surface area contributed by atoms with E-state index in [-0.39, 0.29) is 5.69 Å². The maximum Gasteiger partial charge on any atom is 0.387 e. The van der Waals surface area contributed by atoms with Crippen molar-refractivity contribution in [1.29, 1.82) is 5.26 Å². The molecule has 0 atom stereocenters. The fourth-order valence-electron chi connectivity index (χ4n) is 1.06. The second-order valence-electron chi connectivity index (χ2n) is 2.88. The summed E-state index contributed by atoms with van der Waals surface area (Å²) in [6.45, 7) is -3.16. The number of anilines is 1. The quantitative estimate of drug-likeness (QED) is 0.883. The van der Waals surface area contributed by atoms with Crippen LogP contribution in [0.15, 0.2) is 18.2 Å². The summed E-state index contributed by atoms with van der Waals surface area (Å²) in [4.78, 5) is 11.0. The van der Waals surface area contributed by atoms with Gasteiger partial charge in [0.2, 0.25) is 5.91 Å². The van der Waals surface area contributed by atoms with Gasteiger partial charge in [-0.05, 0) is 12.1 Å². The van der Waals surface area contributed by atoms with E-state index in [1.165, 1.54) is 12.1 Å². The van der Waals surface area contributed by atoms with Crippen LogP contribution >= 0.6 is 0 Å². The maximum atomic E-state index is 13.5. The van der Waals surface area contributed by atoms with Gasteiger partial charge in [-0.3, -0.25) is 4.79 Å². The summed E-state index contributed by atoms with van der Waals surface area (Å²) in [6, 6.07) is 4.98. The summed E-state index contributed by atoms with van der Waals surface area (Å²) in [5, 5.41) is 10.3. The lowest BCUT2D eigenvalue weighted by molar-refractivity contribution is -0.115. The molecule has 0 saturated carbocycles. The summed E-state index contributed by atoms with van der Waals surface area (Å²) in [6.07, 6.45) is -0.459. The highest BCUT2D eigenvalue weighted by molar-refractivity contribution is 5.92. The molecule has 0 fully saturated rings. The molecule has 17 heavy (non-hydrogen) atoms. The monoisotopic (exact) mass is 244 g/mol. The molecule has 0 aliphatic rings. The highest BCUT2D eigenvalue weighted by Crippen LogP contribution is 2.25. The summed E-state index contributed by atoms with van der Waals surface area (Å²) in [7, 11) is 0. The molecule has 0 bridgehead atoms. The van der Waals surface area contributed by atoms with Crippen LogP contribution in [0, 0.1) is 17.1 Å². The minimum absolute atomic E-state index is 0.316. The van der Waals surface area contributed by atoms with Crippen molar-refractivity contribution in [2.45, 2.75) is 13.0 Å². The van der Waals surface area contributed by atoms with Gasteiger partial charge in [-0.15, -0.1) is 0 Å². The van der Waals surface area contributed by atoms with Gasteiger partial charge in [0.05, 0.1) is 11.8 Å². The number of amides is 1. The number of nitriles is 1. The predicted molar refractivity (Wildman–Crippen MR) is 51.9 cm³/mol. The number of nitrogens with zero attached hydrogens (tertiary/aromatic N) is 1. The molecule has 0 saturated heterocycles. The topological polar surface area (TPSA) is 62.1 Å². The summed E-state index contributed by atoms with van der Waals surface area (Å²) in [5.41, 5.74) is -0.316. The Morgan fingerprint density at radius 2 is 2.24 bits per heavy atom. The Balaban J connectivity index is 2.87. The molecule has 1 N–H and O–H groups in total. The van der Waals surface area contributed by atoms with Gasteiger partial charge < -0.3 is 10.1 Å². The lowest BCUT2D eigenvalue weighted by Gasteiger charge is -2.09. The van der Waals surface area contributed by atoms with Gasteiger partial charge in [0.15, 0.2) is 11.6 Å². The number of hydrogen-bond donors (Lipinski definition) is 1. The molecule has 1 amide bonds. The zero-order valence-corrected chi connectivity index (χ0v) is 8.41. The second-order valence-corrected chi connectivity index (χ2v) is 2.88. The first-order valence-electron chi connectivity index (χ1n) is 4.44. The van der Waals surface area contributed by atoms with Crippen LogP contribution in [-0.2, 0) is 4.79 Å². The molecule has 0 aromatic heterocycles. The molecule has 1 rings (SSSR count). The average Bonchev–Trinajstić information content (AvgIpc) is 2.23. The van der Waals surface area contributed by atoms with E-state index < -0.39 is 30.5 Å². The van der Waals surface area contributed by atoms with E-state index in [0.29, 0.717) is 0 Å². The van der Waals surface area contributed by atoms with Crippen LogP contribution in [0.2, 0.25) is 0 Å². The van der Waals surface area contributed by atoms with Crippen molar-refractivity contribution in [1.82, 2.24) is 0 Å². The molecule has 7 heteroatoms. The zero-order chi connectivity index (χ0) is 12.8. The fraction of sp³-hybridized carbons (Fsp3) is 0.200. The van der Waals surface area contributed by atoms with Gasteiger partial charge in [0.1, 0.15) is 6.42 Å². The number of carbonyl (C=O) groups excluding carboxylic acids is 1. The molecule has 0 aliphatic heterocycles. The Kier molecular flexibility index (Phi) is 4.34. The van der Waals surface area contributed by atoms with Crippen molar-refractivity contribution in [3.63, 3.8) is 0 Å². The molecule has 1 aromatic rings. The van der Waals surface area contributed by atoms with Crippen LogP contribution in [0.4, 0.5) is 18.9 Å². The SMILES string of the molecule is N#CCC(=O)Nc1cccc(OC(F)F)c1F. The number of ether oxygens (including phenoxy) is 1. The minimum Gasteiger partial charge on any atom is -0.432 e. The summed E-state index contributed by atoms with van der Waals surface area (Å²) in [5.74, 6) is -2.52. The second kappa shape index (κ2) is 5.75. The number of benzene rings is 1. The number of alkyl halides is 2. The Labute approximate surface area is 94.6 Å². The minimum atomic E-state index is -3.16. The third kappa shape index (κ3) is 3.68. The highest BCUT2D eigenvalue weighted by atomic mass is 19.3. The van der Waals surface area contributed by atoms with Gasteiger partial charge >= 0.3 is 6.61 Å². The number of rotatable bonds is 4.